The van der Waals surface area contributed by atoms with Crippen molar-refractivity contribution in [2.24, 2.45) is 5.92 Å². The average molecular weight is 415 g/mol. The van der Waals surface area contributed by atoms with Crippen LogP contribution in [0.4, 0.5) is 0 Å². The first kappa shape index (κ1) is 24.2. The Morgan fingerprint density at radius 1 is 0.633 bits per heavy atom. The molecule has 0 fully saturated rings. The molecule has 0 saturated carbocycles. The quantitative estimate of drug-likeness (QED) is 0.338. The monoisotopic (exact) mass is 414 g/mol. The molecule has 0 saturated heterocycles. The van der Waals surface area contributed by atoms with Crippen molar-refractivity contribution in [2.45, 2.75) is 58.3 Å². The maximum Gasteiger partial charge on any atom is 0.119 e. The van der Waals surface area contributed by atoms with Gasteiger partial charge in [-0.25, -0.2) is 0 Å². The predicted octanol–water partition coefficient (Wildman–Crippen LogP) is 5.85. The first-order chi connectivity index (χ1) is 14.8. The van der Waals surface area contributed by atoms with Crippen molar-refractivity contribution in [1.82, 2.24) is 0 Å². The fourth-order valence-electron chi connectivity index (χ4n) is 3.32. The Balaban J connectivity index is 1.62. The largest absolute Gasteiger partial charge is 0.494 e. The summed E-state index contributed by atoms with van der Waals surface area (Å²) in [5, 5.41) is 18.1. The van der Waals surface area contributed by atoms with Gasteiger partial charge >= 0.3 is 0 Å². The smallest absolute Gasteiger partial charge is 0.119 e. The zero-order chi connectivity index (χ0) is 21.4. The Labute approximate surface area is 181 Å². The number of hydrogen-bond donors (Lipinski definition) is 2. The van der Waals surface area contributed by atoms with Gasteiger partial charge in [0.05, 0.1) is 13.2 Å². The fourth-order valence-corrected chi connectivity index (χ4v) is 3.32. The summed E-state index contributed by atoms with van der Waals surface area (Å²) in [5.41, 5.74) is 2.35. The van der Waals surface area contributed by atoms with Gasteiger partial charge in [0.15, 0.2) is 0 Å². The molecule has 0 unspecified atom stereocenters. The van der Waals surface area contributed by atoms with Crippen LogP contribution in [0, 0.1) is 5.92 Å². The van der Waals surface area contributed by atoms with Crippen LogP contribution >= 0.6 is 0 Å². The van der Waals surface area contributed by atoms with Gasteiger partial charge in [-0.05, 0) is 54.7 Å². The Morgan fingerprint density at radius 2 is 1.10 bits per heavy atom. The van der Waals surface area contributed by atoms with Crippen molar-refractivity contribution >= 4 is 0 Å². The number of benzene rings is 2. The second-order valence-corrected chi connectivity index (χ2v) is 7.89. The Kier molecular flexibility index (Phi) is 12.0. The summed E-state index contributed by atoms with van der Waals surface area (Å²) >= 11 is 0. The summed E-state index contributed by atoms with van der Waals surface area (Å²) in [6.45, 7) is 3.84. The maximum atomic E-state index is 9.05. The third kappa shape index (κ3) is 9.19. The van der Waals surface area contributed by atoms with Gasteiger partial charge in [0, 0.05) is 19.1 Å². The van der Waals surface area contributed by atoms with E-state index >= 15 is 0 Å². The SMILES string of the molecule is CCCCOc1ccc(-c2ccc(OCCCCCCCC(CO)CO)cc2)cc1. The van der Waals surface area contributed by atoms with Crippen LogP contribution in [0.25, 0.3) is 11.1 Å². The van der Waals surface area contributed by atoms with Crippen LogP contribution in [0.1, 0.15) is 58.3 Å². The van der Waals surface area contributed by atoms with Crippen molar-refractivity contribution in [1.29, 1.82) is 0 Å². The third-order valence-corrected chi connectivity index (χ3v) is 5.35. The molecule has 0 aliphatic carbocycles. The zero-order valence-electron chi connectivity index (χ0n) is 18.4. The molecule has 0 atom stereocenters. The van der Waals surface area contributed by atoms with E-state index in [1.165, 1.54) is 17.5 Å². The van der Waals surface area contributed by atoms with E-state index in [-0.39, 0.29) is 19.1 Å². The van der Waals surface area contributed by atoms with E-state index in [1.54, 1.807) is 0 Å². The van der Waals surface area contributed by atoms with Crippen LogP contribution in [0.3, 0.4) is 0 Å². The second-order valence-electron chi connectivity index (χ2n) is 7.89. The standard InChI is InChI=1S/C26H38O4/c1-2-3-18-29-25-14-10-23(11-15-25)24-12-16-26(17-13-24)30-19-8-6-4-5-7-9-22(20-27)21-28/h10-17,22,27-28H,2-9,18-21H2,1H3. The van der Waals surface area contributed by atoms with Crippen LogP contribution in [-0.4, -0.2) is 36.6 Å². The van der Waals surface area contributed by atoms with Gasteiger partial charge in [-0.1, -0.05) is 63.3 Å². The molecule has 166 valence electrons. The minimum atomic E-state index is 0.0494. The molecular formula is C26H38O4. The van der Waals surface area contributed by atoms with Crippen LogP contribution in [0.2, 0.25) is 0 Å². The summed E-state index contributed by atoms with van der Waals surface area (Å²) in [6.07, 6.45) is 8.71. The molecule has 0 spiro atoms. The van der Waals surface area contributed by atoms with Crippen molar-refractivity contribution < 1.29 is 19.7 Å². The molecule has 2 N–H and O–H groups in total. The molecule has 2 aromatic carbocycles. The summed E-state index contributed by atoms with van der Waals surface area (Å²) in [4.78, 5) is 0. The molecule has 0 heterocycles. The van der Waals surface area contributed by atoms with Gasteiger partial charge < -0.3 is 19.7 Å². The van der Waals surface area contributed by atoms with Gasteiger partial charge in [0.25, 0.3) is 0 Å². The topological polar surface area (TPSA) is 58.9 Å². The Morgan fingerprint density at radius 3 is 1.60 bits per heavy atom. The average Bonchev–Trinajstić information content (AvgIpc) is 2.79. The van der Waals surface area contributed by atoms with Crippen molar-refractivity contribution in [3.05, 3.63) is 48.5 Å². The zero-order valence-corrected chi connectivity index (χ0v) is 18.4. The summed E-state index contributed by atoms with van der Waals surface area (Å²) in [7, 11) is 0. The first-order valence-corrected chi connectivity index (χ1v) is 11.4. The normalized spacial score (nSPS) is 11.1. The molecular weight excluding hydrogens is 376 g/mol. The lowest BCUT2D eigenvalue weighted by Gasteiger charge is -2.10. The molecule has 0 amide bonds. The van der Waals surface area contributed by atoms with Gasteiger partial charge in [-0.2, -0.15) is 0 Å². The van der Waals surface area contributed by atoms with Crippen molar-refractivity contribution in [3.63, 3.8) is 0 Å². The molecule has 2 rings (SSSR count). The number of hydrogen-bond acceptors (Lipinski definition) is 4. The van der Waals surface area contributed by atoms with E-state index in [9.17, 15) is 0 Å². The van der Waals surface area contributed by atoms with Gasteiger partial charge in [0.1, 0.15) is 11.5 Å². The molecule has 30 heavy (non-hydrogen) atoms. The molecule has 0 aliphatic rings. The number of rotatable bonds is 16. The fraction of sp³-hybridized carbons (Fsp3) is 0.538. The van der Waals surface area contributed by atoms with E-state index in [2.05, 4.69) is 31.2 Å². The predicted molar refractivity (Wildman–Crippen MR) is 123 cm³/mol. The lowest BCUT2D eigenvalue weighted by molar-refractivity contribution is 0.141. The lowest BCUT2D eigenvalue weighted by atomic mass is 10.0. The van der Waals surface area contributed by atoms with Crippen LogP contribution < -0.4 is 9.47 Å². The van der Waals surface area contributed by atoms with Crippen LogP contribution in [-0.2, 0) is 0 Å². The summed E-state index contributed by atoms with van der Waals surface area (Å²) < 4.78 is 11.6. The molecule has 0 aromatic heterocycles. The highest BCUT2D eigenvalue weighted by Gasteiger charge is 2.05. The van der Waals surface area contributed by atoms with E-state index < -0.39 is 0 Å². The minimum absolute atomic E-state index is 0.0494. The number of unbranched alkanes of at least 4 members (excludes halogenated alkanes) is 5. The number of aliphatic hydroxyl groups excluding tert-OH is 2. The van der Waals surface area contributed by atoms with E-state index in [4.69, 9.17) is 19.7 Å². The number of ether oxygens (including phenoxy) is 2. The van der Waals surface area contributed by atoms with E-state index in [1.807, 2.05) is 24.3 Å². The summed E-state index contributed by atoms with van der Waals surface area (Å²) in [5.74, 6) is 1.88. The van der Waals surface area contributed by atoms with E-state index in [0.717, 1.165) is 69.7 Å². The molecule has 0 aliphatic heterocycles. The van der Waals surface area contributed by atoms with Crippen molar-refractivity contribution in [3.8, 4) is 22.6 Å². The Bertz CT molecular complexity index is 662. The van der Waals surface area contributed by atoms with Crippen LogP contribution in [0.5, 0.6) is 11.5 Å². The summed E-state index contributed by atoms with van der Waals surface area (Å²) in [6, 6.07) is 16.5. The van der Waals surface area contributed by atoms with Crippen LogP contribution in [0.15, 0.2) is 48.5 Å². The third-order valence-electron chi connectivity index (χ3n) is 5.35. The maximum absolute atomic E-state index is 9.05. The van der Waals surface area contributed by atoms with E-state index in [0.29, 0.717) is 0 Å². The molecule has 4 heteroatoms. The number of aliphatic hydroxyl groups is 2. The molecule has 0 bridgehead atoms. The highest BCUT2D eigenvalue weighted by atomic mass is 16.5. The van der Waals surface area contributed by atoms with Gasteiger partial charge in [-0.3, -0.25) is 0 Å². The van der Waals surface area contributed by atoms with Gasteiger partial charge in [-0.15, -0.1) is 0 Å². The highest BCUT2D eigenvalue weighted by Crippen LogP contribution is 2.25. The molecule has 2 aromatic rings. The van der Waals surface area contributed by atoms with Crippen molar-refractivity contribution in [2.75, 3.05) is 26.4 Å². The highest BCUT2D eigenvalue weighted by molar-refractivity contribution is 5.64. The molecule has 4 nitrogen and oxygen atoms in total. The second kappa shape index (κ2) is 14.9. The molecule has 0 radical (unpaired) electrons. The van der Waals surface area contributed by atoms with Gasteiger partial charge in [0.2, 0.25) is 0 Å². The lowest BCUT2D eigenvalue weighted by Crippen LogP contribution is -2.10. The first-order valence-electron chi connectivity index (χ1n) is 11.4. The Hall–Kier alpha value is -2.04. The minimum Gasteiger partial charge on any atom is -0.494 e.